The van der Waals surface area contributed by atoms with Crippen LogP contribution in [0.5, 0.6) is 0 Å². The van der Waals surface area contributed by atoms with Crippen LogP contribution in [-0.4, -0.2) is 20.2 Å². The Morgan fingerprint density at radius 2 is 1.64 bits per heavy atom. The minimum atomic E-state index is -3.05. The molecule has 1 N–H and O–H groups in total. The number of hydrogen-bond donors (Lipinski definition) is 1. The summed E-state index contributed by atoms with van der Waals surface area (Å²) in [6.45, 7) is 8.02. The molecule has 0 heterocycles. The van der Waals surface area contributed by atoms with E-state index in [0.717, 1.165) is 12.8 Å². The lowest BCUT2D eigenvalue weighted by Gasteiger charge is -2.22. The summed E-state index contributed by atoms with van der Waals surface area (Å²) in [5, 5.41) is 0. The molecule has 0 rings (SSSR count). The summed E-state index contributed by atoms with van der Waals surface area (Å²) in [5.74, 6) is 0.680. The molecule has 0 aliphatic carbocycles. The van der Waals surface area contributed by atoms with Crippen LogP contribution in [0.1, 0.15) is 47.0 Å². The first-order valence-corrected chi connectivity index (χ1v) is 7.12. The lowest BCUT2D eigenvalue weighted by molar-refractivity contribution is 0.390. The normalized spacial score (nSPS) is 14.6. The summed E-state index contributed by atoms with van der Waals surface area (Å²) in [6, 6.07) is 0.0570. The van der Waals surface area contributed by atoms with Gasteiger partial charge in [0.05, 0.1) is 5.75 Å². The van der Waals surface area contributed by atoms with Gasteiger partial charge in [0.25, 0.3) is 0 Å². The van der Waals surface area contributed by atoms with Crippen LogP contribution in [-0.2, 0) is 10.0 Å². The van der Waals surface area contributed by atoms with Gasteiger partial charge in [0.15, 0.2) is 0 Å². The minimum absolute atomic E-state index is 0.0570. The molecule has 0 spiro atoms. The third-order valence-electron chi connectivity index (χ3n) is 2.59. The van der Waals surface area contributed by atoms with Crippen LogP contribution in [0.25, 0.3) is 0 Å². The van der Waals surface area contributed by atoms with Crippen molar-refractivity contribution in [2.45, 2.75) is 53.0 Å². The molecule has 0 aromatic heterocycles. The zero-order valence-corrected chi connectivity index (χ0v) is 10.5. The molecule has 0 radical (unpaired) electrons. The van der Waals surface area contributed by atoms with Gasteiger partial charge in [-0.15, -0.1) is 0 Å². The number of nitrogens with one attached hydrogen (secondary N) is 1. The maximum absolute atomic E-state index is 11.5. The van der Waals surface area contributed by atoms with Crippen LogP contribution in [0.2, 0.25) is 0 Å². The summed E-state index contributed by atoms with van der Waals surface area (Å²) in [5.41, 5.74) is 0. The Kier molecular flexibility index (Phi) is 6.36. The van der Waals surface area contributed by atoms with Crippen molar-refractivity contribution in [3.8, 4) is 0 Å². The zero-order chi connectivity index (χ0) is 11.2. The molecule has 0 aromatic carbocycles. The molecule has 0 saturated carbocycles. The van der Waals surface area contributed by atoms with E-state index in [0.29, 0.717) is 12.3 Å². The molecule has 14 heavy (non-hydrogen) atoms. The molecule has 0 fully saturated rings. The average Bonchev–Trinajstić information content (AvgIpc) is 2.04. The van der Waals surface area contributed by atoms with Crippen LogP contribution in [0.4, 0.5) is 0 Å². The summed E-state index contributed by atoms with van der Waals surface area (Å²) in [4.78, 5) is 0. The van der Waals surface area contributed by atoms with E-state index in [1.165, 1.54) is 0 Å². The van der Waals surface area contributed by atoms with Gasteiger partial charge in [0.1, 0.15) is 0 Å². The number of sulfonamides is 1. The fraction of sp³-hybridized carbons (Fsp3) is 1.00. The second kappa shape index (κ2) is 6.40. The fourth-order valence-electron chi connectivity index (χ4n) is 1.70. The van der Waals surface area contributed by atoms with Crippen molar-refractivity contribution in [3.05, 3.63) is 0 Å². The van der Waals surface area contributed by atoms with E-state index in [1.54, 1.807) is 0 Å². The highest BCUT2D eigenvalue weighted by Gasteiger charge is 2.18. The molecule has 86 valence electrons. The first-order valence-electron chi connectivity index (χ1n) is 5.46. The number of rotatable bonds is 7. The molecule has 1 atom stereocenters. The Hall–Kier alpha value is -0.0900. The van der Waals surface area contributed by atoms with Crippen molar-refractivity contribution in [3.63, 3.8) is 0 Å². The van der Waals surface area contributed by atoms with Gasteiger partial charge in [-0.1, -0.05) is 33.6 Å². The Balaban J connectivity index is 4.22. The third-order valence-corrected chi connectivity index (χ3v) is 4.27. The van der Waals surface area contributed by atoms with Crippen molar-refractivity contribution in [2.24, 2.45) is 5.92 Å². The summed E-state index contributed by atoms with van der Waals surface area (Å²) in [6.07, 6.45) is 2.71. The highest BCUT2D eigenvalue weighted by molar-refractivity contribution is 7.89. The highest BCUT2D eigenvalue weighted by atomic mass is 32.2. The summed E-state index contributed by atoms with van der Waals surface area (Å²) in [7, 11) is -3.05. The molecular formula is C10H23NO2S. The average molecular weight is 221 g/mol. The first-order chi connectivity index (χ1) is 6.46. The van der Waals surface area contributed by atoms with Gasteiger partial charge in [0.2, 0.25) is 10.0 Å². The Morgan fingerprint density at radius 3 is 2.00 bits per heavy atom. The van der Waals surface area contributed by atoms with Crippen molar-refractivity contribution >= 4 is 10.0 Å². The van der Waals surface area contributed by atoms with E-state index in [-0.39, 0.29) is 11.8 Å². The van der Waals surface area contributed by atoms with E-state index in [9.17, 15) is 8.42 Å². The molecule has 1 unspecified atom stereocenters. The Morgan fingerprint density at radius 1 is 1.14 bits per heavy atom. The fourth-order valence-corrected chi connectivity index (χ4v) is 3.12. The lowest BCUT2D eigenvalue weighted by Crippen LogP contribution is -2.38. The smallest absolute Gasteiger partial charge is 0.211 e. The van der Waals surface area contributed by atoms with Crippen molar-refractivity contribution in [1.82, 2.24) is 4.72 Å². The van der Waals surface area contributed by atoms with Gasteiger partial charge in [-0.25, -0.2) is 13.1 Å². The molecule has 0 amide bonds. The van der Waals surface area contributed by atoms with Gasteiger partial charge in [-0.05, 0) is 19.3 Å². The van der Waals surface area contributed by atoms with Crippen LogP contribution in [0.3, 0.4) is 0 Å². The second-order valence-corrected chi connectivity index (χ2v) is 5.68. The second-order valence-electron chi connectivity index (χ2n) is 3.80. The third kappa shape index (κ3) is 4.96. The van der Waals surface area contributed by atoms with E-state index >= 15 is 0 Å². The van der Waals surface area contributed by atoms with Crippen LogP contribution >= 0.6 is 0 Å². The molecule has 4 heteroatoms. The van der Waals surface area contributed by atoms with Crippen molar-refractivity contribution in [2.75, 3.05) is 5.75 Å². The molecule has 0 bridgehead atoms. The molecule has 3 nitrogen and oxygen atoms in total. The maximum atomic E-state index is 11.5. The summed E-state index contributed by atoms with van der Waals surface area (Å²) < 4.78 is 25.7. The molecular weight excluding hydrogens is 198 g/mol. The van der Waals surface area contributed by atoms with Crippen LogP contribution in [0, 0.1) is 5.92 Å². The molecule has 0 aliphatic heterocycles. The van der Waals surface area contributed by atoms with Gasteiger partial charge in [0, 0.05) is 6.04 Å². The van der Waals surface area contributed by atoms with Crippen LogP contribution in [0.15, 0.2) is 0 Å². The molecule has 0 aromatic rings. The maximum Gasteiger partial charge on any atom is 0.211 e. The standard InChI is InChI=1S/C10H23NO2S/c1-5-8-14(12,13)11-9(4)10(6-2)7-3/h9-11H,5-8H2,1-4H3. The SMILES string of the molecule is CCCS(=O)(=O)NC(C)C(CC)CC. The molecule has 0 aliphatic rings. The van der Waals surface area contributed by atoms with E-state index < -0.39 is 10.0 Å². The quantitative estimate of drug-likeness (QED) is 0.716. The van der Waals surface area contributed by atoms with Gasteiger partial charge in [-0.2, -0.15) is 0 Å². The first kappa shape index (κ1) is 13.9. The van der Waals surface area contributed by atoms with Crippen LogP contribution < -0.4 is 4.72 Å². The van der Waals surface area contributed by atoms with Crippen molar-refractivity contribution < 1.29 is 8.42 Å². The number of hydrogen-bond acceptors (Lipinski definition) is 2. The molecule has 0 saturated heterocycles. The van der Waals surface area contributed by atoms with Crippen molar-refractivity contribution in [1.29, 1.82) is 0 Å². The Labute approximate surface area is 88.3 Å². The zero-order valence-electron chi connectivity index (χ0n) is 9.71. The summed E-state index contributed by atoms with van der Waals surface area (Å²) >= 11 is 0. The van der Waals surface area contributed by atoms with E-state index in [1.807, 2.05) is 13.8 Å². The topological polar surface area (TPSA) is 46.2 Å². The predicted octanol–water partition coefficient (Wildman–Crippen LogP) is 2.14. The van der Waals surface area contributed by atoms with E-state index in [4.69, 9.17) is 0 Å². The Bertz CT molecular complexity index is 233. The van der Waals surface area contributed by atoms with E-state index in [2.05, 4.69) is 18.6 Å². The minimum Gasteiger partial charge on any atom is -0.212 e. The van der Waals surface area contributed by atoms with Gasteiger partial charge >= 0.3 is 0 Å². The highest BCUT2D eigenvalue weighted by Crippen LogP contribution is 2.13. The largest absolute Gasteiger partial charge is 0.212 e. The monoisotopic (exact) mass is 221 g/mol. The lowest BCUT2D eigenvalue weighted by atomic mass is 9.96. The predicted molar refractivity (Wildman–Crippen MR) is 60.7 cm³/mol. The van der Waals surface area contributed by atoms with Gasteiger partial charge < -0.3 is 0 Å². The van der Waals surface area contributed by atoms with Gasteiger partial charge in [-0.3, -0.25) is 0 Å².